The molecule has 18 aromatic carbocycles. The molecule has 4 heteroatoms. The summed E-state index contributed by atoms with van der Waals surface area (Å²) in [6, 6.07) is 151. The van der Waals surface area contributed by atoms with Gasteiger partial charge in [-0.05, 0) is 250 Å². The molecule has 20 aromatic rings. The van der Waals surface area contributed by atoms with Gasteiger partial charge in [0.2, 0.25) is 0 Å². The molecule has 4 nitrogen and oxygen atoms in total. The number of anilines is 6. The summed E-state index contributed by atoms with van der Waals surface area (Å²) in [6.07, 6.45) is 0. The van der Waals surface area contributed by atoms with E-state index in [9.17, 15) is 0 Å². The van der Waals surface area contributed by atoms with Gasteiger partial charge in [-0.25, -0.2) is 0 Å². The van der Waals surface area contributed by atoms with Gasteiger partial charge in [-0.3, -0.25) is 0 Å². The normalized spacial score (nSPS) is 12.9. The number of nitrogens with zero attached hydrogens (tertiary/aromatic N) is 4. The van der Waals surface area contributed by atoms with E-state index in [-0.39, 0.29) is 10.8 Å². The number of para-hydroxylation sites is 4. The topological polar surface area (TPSA) is 16.3 Å². The Bertz CT molecular complexity index is 7080. The number of hydrogen-bond acceptors (Lipinski definition) is 2. The van der Waals surface area contributed by atoms with Crippen LogP contribution in [0, 0.1) is 0 Å². The third-order valence-corrected chi connectivity index (χ3v) is 24.4. The zero-order valence-electron chi connectivity index (χ0n) is 64.0. The van der Waals surface area contributed by atoms with E-state index in [2.05, 4.69) is 459 Å². The Morgan fingerprint density at radius 1 is 0.184 bits per heavy atom. The van der Waals surface area contributed by atoms with Crippen LogP contribution in [0.1, 0.15) is 49.9 Å². The Hall–Kier alpha value is -14.3. The largest absolute Gasteiger partial charge is 0.311 e. The fourth-order valence-corrected chi connectivity index (χ4v) is 18.6. The van der Waals surface area contributed by atoms with Crippen LogP contribution in [0.2, 0.25) is 0 Å². The third kappa shape index (κ3) is 11.4. The fraction of sp³-hybridized carbons (Fsp3) is 0.0545. The molecular formula is C110H80N4. The summed E-state index contributed by atoms with van der Waals surface area (Å²) >= 11 is 0. The molecule has 22 rings (SSSR count). The van der Waals surface area contributed by atoms with Crippen molar-refractivity contribution in [3.63, 3.8) is 0 Å². The van der Waals surface area contributed by atoms with Crippen LogP contribution in [0.4, 0.5) is 34.1 Å². The monoisotopic (exact) mass is 1460 g/mol. The molecule has 2 aliphatic carbocycles. The Balaban J connectivity index is 0.000000143. The number of aromatic nitrogens is 2. The molecule has 0 saturated carbocycles. The van der Waals surface area contributed by atoms with Gasteiger partial charge in [0.05, 0.1) is 22.1 Å². The molecule has 114 heavy (non-hydrogen) atoms. The maximum Gasteiger partial charge on any atom is 0.0544 e. The standard InChI is InChI=1S/2C55H40N2/c1-55(2)51-21-10-8-18-47(51)49-35-50-48-19-9-11-22-53(48)57(54(50)36-52(49)55)44-31-25-38(26-32-44)37-23-29-42(30-24-37)56(41-15-4-3-5-16-41)43-33-27-40(28-34-43)46-20-12-14-39-13-6-7-17-45(39)46;1-55(2)51-18-10-8-16-47(51)49-35-50-48-17-9-11-19-53(48)57(54(50)36-52(49)55)46-32-24-39(25-33-46)38-22-28-44(29-23-38)56(43-14-4-3-5-15-43)45-30-26-40(27-31-45)42-21-20-37-12-6-7-13-41(37)34-42/h2*3-36H,1-2H3. The van der Waals surface area contributed by atoms with Crippen molar-refractivity contribution in [3.05, 3.63) is 435 Å². The van der Waals surface area contributed by atoms with Gasteiger partial charge < -0.3 is 18.9 Å². The predicted octanol–water partition coefficient (Wildman–Crippen LogP) is 30.1. The summed E-state index contributed by atoms with van der Waals surface area (Å²) in [4.78, 5) is 4.66. The van der Waals surface area contributed by atoms with Crippen molar-refractivity contribution >= 4 is 99.3 Å². The molecule has 0 aliphatic heterocycles. The maximum absolute atomic E-state index is 2.45. The van der Waals surface area contributed by atoms with E-state index in [1.54, 1.807) is 0 Å². The lowest BCUT2D eigenvalue weighted by Crippen LogP contribution is -2.14. The van der Waals surface area contributed by atoms with Crippen molar-refractivity contribution in [1.82, 2.24) is 9.13 Å². The first kappa shape index (κ1) is 67.8. The van der Waals surface area contributed by atoms with Crippen LogP contribution in [0.25, 0.3) is 143 Å². The summed E-state index contributed by atoms with van der Waals surface area (Å²) in [5.74, 6) is 0. The average Bonchev–Trinajstić information content (AvgIpc) is 1.56. The van der Waals surface area contributed by atoms with Crippen LogP contribution < -0.4 is 9.80 Å². The van der Waals surface area contributed by atoms with Gasteiger partial charge in [-0.15, -0.1) is 0 Å². The van der Waals surface area contributed by atoms with Crippen LogP contribution >= 0.6 is 0 Å². The molecule has 0 unspecified atom stereocenters. The summed E-state index contributed by atoms with van der Waals surface area (Å²) in [5.41, 5.74) is 34.5. The van der Waals surface area contributed by atoms with Crippen LogP contribution in [0.15, 0.2) is 413 Å². The molecule has 0 N–H and O–H groups in total. The van der Waals surface area contributed by atoms with Crippen molar-refractivity contribution < 1.29 is 0 Å². The van der Waals surface area contributed by atoms with Gasteiger partial charge in [-0.1, -0.05) is 301 Å². The molecule has 0 bridgehead atoms. The van der Waals surface area contributed by atoms with Crippen LogP contribution in [0.5, 0.6) is 0 Å². The van der Waals surface area contributed by atoms with Gasteiger partial charge >= 0.3 is 0 Å². The summed E-state index contributed by atoms with van der Waals surface area (Å²) in [7, 11) is 0. The Morgan fingerprint density at radius 3 is 0.965 bits per heavy atom. The number of fused-ring (bicyclic) bond motifs is 14. The Morgan fingerprint density at radius 2 is 0.509 bits per heavy atom. The lowest BCUT2D eigenvalue weighted by Gasteiger charge is -2.26. The molecule has 2 heterocycles. The van der Waals surface area contributed by atoms with E-state index >= 15 is 0 Å². The van der Waals surface area contributed by atoms with E-state index < -0.39 is 0 Å². The van der Waals surface area contributed by atoms with E-state index in [0.717, 1.165) is 45.5 Å². The van der Waals surface area contributed by atoms with Crippen LogP contribution in [0.3, 0.4) is 0 Å². The van der Waals surface area contributed by atoms with E-state index in [1.165, 1.54) is 154 Å². The smallest absolute Gasteiger partial charge is 0.0544 e. The minimum absolute atomic E-state index is 0.0607. The Kier molecular flexibility index (Phi) is 16.2. The van der Waals surface area contributed by atoms with Crippen molar-refractivity contribution in [2.24, 2.45) is 0 Å². The molecule has 0 atom stereocenters. The number of hydrogen-bond donors (Lipinski definition) is 0. The van der Waals surface area contributed by atoms with Crippen molar-refractivity contribution in [2.45, 2.75) is 38.5 Å². The SMILES string of the molecule is CC1(C)c2ccccc2-c2cc3c4ccccc4n(-c4ccc(-c5ccc(N(c6ccccc6)c6ccc(-c7ccc8ccccc8c7)cc6)cc5)cc4)c3cc21.CC1(C)c2ccccc2-c2cc3c4ccccc4n(-c4ccc(-c5ccc(N(c6ccccc6)c6ccc(-c7cccc8ccccc78)cc6)cc5)cc4)c3cc21. The van der Waals surface area contributed by atoms with Crippen molar-refractivity contribution in [1.29, 1.82) is 0 Å². The lowest BCUT2D eigenvalue weighted by molar-refractivity contribution is 0.661. The highest BCUT2D eigenvalue weighted by Gasteiger charge is 2.38. The molecule has 2 aliphatic rings. The molecule has 0 radical (unpaired) electrons. The predicted molar refractivity (Wildman–Crippen MR) is 483 cm³/mol. The van der Waals surface area contributed by atoms with Gasteiger partial charge in [0.15, 0.2) is 0 Å². The van der Waals surface area contributed by atoms with Crippen molar-refractivity contribution in [2.75, 3.05) is 9.80 Å². The van der Waals surface area contributed by atoms with Crippen LogP contribution in [-0.2, 0) is 10.8 Å². The molecule has 0 spiro atoms. The minimum Gasteiger partial charge on any atom is -0.311 e. The molecule has 0 amide bonds. The first-order chi connectivity index (χ1) is 56.0. The maximum atomic E-state index is 2.45. The van der Waals surface area contributed by atoms with E-state index in [4.69, 9.17) is 0 Å². The number of rotatable bonds is 12. The zero-order chi connectivity index (χ0) is 76.2. The number of benzene rings is 18. The fourth-order valence-electron chi connectivity index (χ4n) is 18.6. The molecule has 2 aromatic heterocycles. The van der Waals surface area contributed by atoms with Crippen LogP contribution in [-0.4, -0.2) is 9.13 Å². The van der Waals surface area contributed by atoms with Gasteiger partial charge in [0.25, 0.3) is 0 Å². The molecule has 540 valence electrons. The Labute approximate surface area is 665 Å². The zero-order valence-corrected chi connectivity index (χ0v) is 64.0. The quantitative estimate of drug-likeness (QED) is 0.121. The summed E-state index contributed by atoms with van der Waals surface area (Å²) in [5, 5.41) is 10.2. The van der Waals surface area contributed by atoms with Gasteiger partial charge in [0, 0.05) is 77.9 Å². The first-order valence-electron chi connectivity index (χ1n) is 39.7. The summed E-state index contributed by atoms with van der Waals surface area (Å²) in [6.45, 7) is 9.44. The molecular weight excluding hydrogens is 1380 g/mol. The highest BCUT2D eigenvalue weighted by atomic mass is 15.1. The second-order valence-electron chi connectivity index (χ2n) is 31.6. The second-order valence-corrected chi connectivity index (χ2v) is 31.6. The minimum atomic E-state index is -0.0611. The second kappa shape index (κ2) is 27.3. The first-order valence-corrected chi connectivity index (χ1v) is 39.7. The third-order valence-electron chi connectivity index (χ3n) is 24.4. The highest BCUT2D eigenvalue weighted by Crippen LogP contribution is 2.54. The van der Waals surface area contributed by atoms with E-state index in [0.29, 0.717) is 0 Å². The van der Waals surface area contributed by atoms with Gasteiger partial charge in [-0.2, -0.15) is 0 Å². The summed E-state index contributed by atoms with van der Waals surface area (Å²) < 4.78 is 4.89. The van der Waals surface area contributed by atoms with Crippen molar-refractivity contribution in [3.8, 4) is 78.1 Å². The highest BCUT2D eigenvalue weighted by molar-refractivity contribution is 6.13. The van der Waals surface area contributed by atoms with Gasteiger partial charge in [0.1, 0.15) is 0 Å². The van der Waals surface area contributed by atoms with E-state index in [1.807, 2.05) is 0 Å². The average molecular weight is 1460 g/mol. The molecule has 0 saturated heterocycles. The molecule has 0 fully saturated rings. The lowest BCUT2D eigenvalue weighted by atomic mass is 9.82.